The van der Waals surface area contributed by atoms with Gasteiger partial charge in [-0.3, -0.25) is 9.98 Å². The van der Waals surface area contributed by atoms with Crippen molar-refractivity contribution in [2.75, 3.05) is 0 Å². The molecule has 4 aromatic carbocycles. The fraction of sp³-hybridized carbons (Fsp3) is 0.154. The van der Waals surface area contributed by atoms with E-state index in [-0.39, 0.29) is 0 Å². The molecule has 2 heterocycles. The minimum Gasteiger partial charge on any atom is -0.261 e. The van der Waals surface area contributed by atoms with Crippen molar-refractivity contribution in [3.05, 3.63) is 70.8 Å². The summed E-state index contributed by atoms with van der Waals surface area (Å²) < 4.78 is 0. The number of fused-ring (bicyclic) bond motifs is 9. The molecule has 4 aromatic rings. The zero-order chi connectivity index (χ0) is 18.2. The van der Waals surface area contributed by atoms with E-state index >= 15 is 0 Å². The first-order valence-electron chi connectivity index (χ1n) is 10.1. The van der Waals surface area contributed by atoms with Crippen molar-refractivity contribution in [2.45, 2.75) is 25.7 Å². The molecule has 0 spiro atoms. The van der Waals surface area contributed by atoms with Crippen molar-refractivity contribution in [3.8, 4) is 11.1 Å². The Balaban J connectivity index is 1.49. The van der Waals surface area contributed by atoms with Gasteiger partial charge in [0.15, 0.2) is 0 Å². The van der Waals surface area contributed by atoms with Crippen molar-refractivity contribution in [2.24, 2.45) is 9.98 Å². The Kier molecular flexibility index (Phi) is 2.72. The fourth-order valence-corrected chi connectivity index (χ4v) is 5.26. The third kappa shape index (κ3) is 1.87. The van der Waals surface area contributed by atoms with E-state index in [1.165, 1.54) is 54.9 Å². The normalized spacial score (nSPS) is 15.7. The van der Waals surface area contributed by atoms with Crippen LogP contribution < -0.4 is 0 Å². The molecule has 0 radical (unpaired) electrons. The third-order valence-corrected chi connectivity index (χ3v) is 6.67. The van der Waals surface area contributed by atoms with Gasteiger partial charge in [0.25, 0.3) is 0 Å². The van der Waals surface area contributed by atoms with E-state index < -0.39 is 0 Å². The van der Waals surface area contributed by atoms with Crippen molar-refractivity contribution >= 4 is 45.3 Å². The molecule has 28 heavy (non-hydrogen) atoms. The zero-order valence-electron chi connectivity index (χ0n) is 15.5. The van der Waals surface area contributed by atoms with Crippen LogP contribution in [0.2, 0.25) is 0 Å². The lowest BCUT2D eigenvalue weighted by molar-refractivity contribution is 0.946. The maximum Gasteiger partial charge on any atom is 0.0667 e. The van der Waals surface area contributed by atoms with Crippen LogP contribution in [0.15, 0.2) is 58.5 Å². The number of benzene rings is 4. The van der Waals surface area contributed by atoms with E-state index in [0.29, 0.717) is 0 Å². The van der Waals surface area contributed by atoms with Gasteiger partial charge in [-0.05, 0) is 92.0 Å². The highest BCUT2D eigenvalue weighted by Gasteiger charge is 2.21. The van der Waals surface area contributed by atoms with Gasteiger partial charge >= 0.3 is 0 Å². The number of aliphatic imine (C=N–C) groups is 2. The second kappa shape index (κ2) is 5.17. The highest BCUT2D eigenvalue weighted by Crippen LogP contribution is 2.42. The summed E-state index contributed by atoms with van der Waals surface area (Å²) in [6.07, 6.45) is 8.21. The Morgan fingerprint density at radius 2 is 1.07 bits per heavy atom. The summed E-state index contributed by atoms with van der Waals surface area (Å²) >= 11 is 0. The molecule has 0 unspecified atom stereocenters. The van der Waals surface area contributed by atoms with Crippen LogP contribution in [0.25, 0.3) is 32.7 Å². The van der Waals surface area contributed by atoms with E-state index in [2.05, 4.69) is 58.5 Å². The summed E-state index contributed by atoms with van der Waals surface area (Å²) in [6.45, 7) is 0. The monoisotopic (exact) mass is 358 g/mol. The van der Waals surface area contributed by atoms with Crippen LogP contribution in [0.3, 0.4) is 0 Å². The first kappa shape index (κ1) is 14.8. The first-order chi connectivity index (χ1) is 13.8. The molecule has 0 N–H and O–H groups in total. The Hall–Kier alpha value is -3.26. The van der Waals surface area contributed by atoms with Crippen LogP contribution in [0.1, 0.15) is 22.3 Å². The van der Waals surface area contributed by atoms with Gasteiger partial charge < -0.3 is 0 Å². The number of aryl methyl sites for hydroxylation is 2. The average Bonchev–Trinajstić information content (AvgIpc) is 3.40. The predicted molar refractivity (Wildman–Crippen MR) is 118 cm³/mol. The second-order valence-corrected chi connectivity index (χ2v) is 8.12. The Morgan fingerprint density at radius 1 is 0.571 bits per heavy atom. The van der Waals surface area contributed by atoms with Gasteiger partial charge in [-0.2, -0.15) is 0 Å². The molecule has 2 heteroatoms. The summed E-state index contributed by atoms with van der Waals surface area (Å²) in [7, 11) is 0. The maximum atomic E-state index is 4.52. The number of hydrogen-bond donors (Lipinski definition) is 0. The summed E-state index contributed by atoms with van der Waals surface area (Å²) in [5.74, 6) is 0. The predicted octanol–water partition coefficient (Wildman–Crippen LogP) is 6.28. The van der Waals surface area contributed by atoms with Crippen molar-refractivity contribution in [3.63, 3.8) is 0 Å². The van der Waals surface area contributed by atoms with E-state index in [4.69, 9.17) is 0 Å². The van der Waals surface area contributed by atoms with Crippen LogP contribution in [0.4, 0.5) is 11.4 Å². The van der Waals surface area contributed by atoms with Gasteiger partial charge in [0.1, 0.15) is 0 Å². The molecule has 0 bridgehead atoms. The van der Waals surface area contributed by atoms with E-state index in [9.17, 15) is 0 Å². The van der Waals surface area contributed by atoms with Gasteiger partial charge in [0, 0.05) is 25.3 Å². The minimum absolute atomic E-state index is 0.958. The molecule has 0 saturated heterocycles. The average molecular weight is 358 g/mol. The minimum atomic E-state index is 0.958. The van der Waals surface area contributed by atoms with E-state index in [1.54, 1.807) is 0 Å². The molecule has 1 aliphatic carbocycles. The van der Waals surface area contributed by atoms with Gasteiger partial charge in [0.05, 0.1) is 11.4 Å². The van der Waals surface area contributed by atoms with Crippen molar-refractivity contribution in [1.29, 1.82) is 0 Å². The van der Waals surface area contributed by atoms with Gasteiger partial charge in [-0.15, -0.1) is 0 Å². The largest absolute Gasteiger partial charge is 0.261 e. The Labute approximate surface area is 163 Å². The molecule has 0 fully saturated rings. The van der Waals surface area contributed by atoms with Crippen LogP contribution in [-0.4, -0.2) is 12.4 Å². The Morgan fingerprint density at radius 3 is 1.57 bits per heavy atom. The third-order valence-electron chi connectivity index (χ3n) is 6.67. The standard InChI is InChI=1S/C26H18N2/c1-2-16-12-22-18(4-6-26-20(22)8-10-28-26)14-24(16)23-13-17-3-5-25-19(7-9-27-25)21(17)11-15(1)23/h3-6,9-14H,1-2,7-8H2. The van der Waals surface area contributed by atoms with Crippen LogP contribution in [0, 0.1) is 0 Å². The molecule has 0 atom stereocenters. The molecular formula is C26H18N2. The summed E-state index contributed by atoms with van der Waals surface area (Å²) in [6, 6.07) is 18.5. The molecular weight excluding hydrogens is 340 g/mol. The van der Waals surface area contributed by atoms with E-state index in [1.807, 2.05) is 12.4 Å². The maximum absolute atomic E-state index is 4.52. The van der Waals surface area contributed by atoms with E-state index in [0.717, 1.165) is 37.1 Å². The zero-order valence-corrected chi connectivity index (χ0v) is 15.5. The lowest BCUT2D eigenvalue weighted by Gasteiger charge is -2.22. The summed E-state index contributed by atoms with van der Waals surface area (Å²) in [4.78, 5) is 9.05. The molecule has 2 aliphatic heterocycles. The van der Waals surface area contributed by atoms with Crippen LogP contribution in [0.5, 0.6) is 0 Å². The van der Waals surface area contributed by atoms with Crippen molar-refractivity contribution in [1.82, 2.24) is 0 Å². The van der Waals surface area contributed by atoms with Gasteiger partial charge in [-0.25, -0.2) is 0 Å². The highest BCUT2D eigenvalue weighted by molar-refractivity contribution is 6.01. The van der Waals surface area contributed by atoms with Gasteiger partial charge in [-0.1, -0.05) is 24.3 Å². The number of rotatable bonds is 0. The molecule has 0 aromatic heterocycles. The Bertz CT molecular complexity index is 1300. The quantitative estimate of drug-likeness (QED) is 0.354. The lowest BCUT2D eigenvalue weighted by Crippen LogP contribution is -2.05. The first-order valence-corrected chi connectivity index (χ1v) is 10.1. The van der Waals surface area contributed by atoms with Gasteiger partial charge in [0.2, 0.25) is 0 Å². The molecule has 2 nitrogen and oxygen atoms in total. The SMILES string of the molecule is C1=Nc2ccc3cc4c(cc3c2C1)CCc1cc2c3c(ccc2cc1-4)N=CC3. The molecule has 7 rings (SSSR count). The van der Waals surface area contributed by atoms with Crippen LogP contribution in [-0.2, 0) is 25.7 Å². The second-order valence-electron chi connectivity index (χ2n) is 8.12. The van der Waals surface area contributed by atoms with Crippen molar-refractivity contribution < 1.29 is 0 Å². The summed E-state index contributed by atoms with van der Waals surface area (Å²) in [5.41, 5.74) is 10.8. The lowest BCUT2D eigenvalue weighted by atomic mass is 9.81. The topological polar surface area (TPSA) is 24.7 Å². The summed E-state index contributed by atoms with van der Waals surface area (Å²) in [5, 5.41) is 5.43. The number of nitrogens with zero attached hydrogens (tertiary/aromatic N) is 2. The fourth-order valence-electron chi connectivity index (χ4n) is 5.26. The molecule has 0 amide bonds. The molecule has 0 saturated carbocycles. The number of hydrogen-bond acceptors (Lipinski definition) is 2. The highest BCUT2D eigenvalue weighted by atomic mass is 14.7. The van der Waals surface area contributed by atoms with Crippen LogP contribution >= 0.6 is 0 Å². The smallest absolute Gasteiger partial charge is 0.0667 e. The molecule has 3 aliphatic rings. The molecule has 132 valence electrons.